The molecular formula is C29H29N3O5. The van der Waals surface area contributed by atoms with Crippen molar-refractivity contribution in [3.05, 3.63) is 90.5 Å². The molecule has 1 N–H and O–H groups in total. The summed E-state index contributed by atoms with van der Waals surface area (Å²) in [5.41, 5.74) is 0.433. The molecule has 6 rings (SSSR count). The quantitative estimate of drug-likeness (QED) is 0.634. The summed E-state index contributed by atoms with van der Waals surface area (Å²) in [5, 5.41) is 9.81. The Morgan fingerprint density at radius 1 is 0.892 bits per heavy atom. The zero-order valence-electron chi connectivity index (χ0n) is 20.3. The maximum absolute atomic E-state index is 14.1. The Labute approximate surface area is 215 Å². The molecule has 0 saturated carbocycles. The number of aliphatic hydroxyl groups excluding tert-OH is 1. The molecule has 1 spiro atoms. The van der Waals surface area contributed by atoms with E-state index in [0.717, 1.165) is 11.3 Å². The second-order valence-electron chi connectivity index (χ2n) is 9.92. The number of likely N-dealkylation sites (tertiary alicyclic amines) is 1. The Kier molecular flexibility index (Phi) is 5.93. The van der Waals surface area contributed by atoms with Gasteiger partial charge in [0.05, 0.1) is 24.5 Å². The van der Waals surface area contributed by atoms with Crippen molar-refractivity contribution in [3.8, 4) is 0 Å². The monoisotopic (exact) mass is 499 g/mol. The van der Waals surface area contributed by atoms with Gasteiger partial charge < -0.3 is 24.5 Å². The van der Waals surface area contributed by atoms with E-state index in [1.165, 1.54) is 4.90 Å². The van der Waals surface area contributed by atoms with E-state index in [-0.39, 0.29) is 30.9 Å². The molecule has 1 unspecified atom stereocenters. The van der Waals surface area contributed by atoms with Crippen molar-refractivity contribution in [1.29, 1.82) is 0 Å². The van der Waals surface area contributed by atoms with Gasteiger partial charge in [-0.1, -0.05) is 72.8 Å². The van der Waals surface area contributed by atoms with Crippen LogP contribution in [0.15, 0.2) is 85.0 Å². The number of hydrogen-bond acceptors (Lipinski definition) is 5. The SMILES string of the molecule is O=C1C2N(CCO)C(=O)[C@@H]3[C@@H]4C(=O)N(c5ccccc5)CC=C[C@@H]4O[C@]23C=CCN1Cc1ccccc1. The summed E-state index contributed by atoms with van der Waals surface area (Å²) in [4.78, 5) is 46.8. The summed E-state index contributed by atoms with van der Waals surface area (Å²) in [7, 11) is 0. The van der Waals surface area contributed by atoms with Crippen molar-refractivity contribution in [1.82, 2.24) is 9.80 Å². The summed E-state index contributed by atoms with van der Waals surface area (Å²) in [5.74, 6) is -2.43. The zero-order chi connectivity index (χ0) is 25.6. The minimum absolute atomic E-state index is 0.00627. The summed E-state index contributed by atoms with van der Waals surface area (Å²) < 4.78 is 6.60. The van der Waals surface area contributed by atoms with Crippen LogP contribution in [0.3, 0.4) is 0 Å². The summed E-state index contributed by atoms with van der Waals surface area (Å²) in [6, 6.07) is 18.1. The van der Waals surface area contributed by atoms with E-state index in [9.17, 15) is 19.5 Å². The molecule has 8 heteroatoms. The maximum Gasteiger partial charge on any atom is 0.249 e. The highest BCUT2D eigenvalue weighted by atomic mass is 16.5. The number of nitrogens with zero attached hydrogens (tertiary/aromatic N) is 3. The predicted molar refractivity (Wildman–Crippen MR) is 136 cm³/mol. The van der Waals surface area contributed by atoms with Crippen molar-refractivity contribution in [3.63, 3.8) is 0 Å². The Bertz CT molecular complexity index is 1260. The van der Waals surface area contributed by atoms with Crippen molar-refractivity contribution in [2.45, 2.75) is 24.3 Å². The minimum atomic E-state index is -1.29. The molecule has 3 amide bonds. The molecule has 37 heavy (non-hydrogen) atoms. The first-order chi connectivity index (χ1) is 18.0. The van der Waals surface area contributed by atoms with Crippen LogP contribution < -0.4 is 4.90 Å². The number of carbonyl (C=O) groups is 3. The van der Waals surface area contributed by atoms with Gasteiger partial charge in [-0.05, 0) is 17.7 Å². The van der Waals surface area contributed by atoms with E-state index >= 15 is 0 Å². The molecule has 4 aliphatic rings. The van der Waals surface area contributed by atoms with Crippen molar-refractivity contribution >= 4 is 23.4 Å². The molecule has 4 aliphatic heterocycles. The van der Waals surface area contributed by atoms with E-state index in [1.807, 2.05) is 85.0 Å². The van der Waals surface area contributed by atoms with Crippen LogP contribution in [0.5, 0.6) is 0 Å². The number of rotatable bonds is 5. The third-order valence-corrected chi connectivity index (χ3v) is 7.87. The number of amides is 3. The number of para-hydroxylation sites is 1. The minimum Gasteiger partial charge on any atom is -0.395 e. The highest BCUT2D eigenvalue weighted by Crippen LogP contribution is 2.53. The van der Waals surface area contributed by atoms with Gasteiger partial charge in [-0.3, -0.25) is 14.4 Å². The molecule has 8 nitrogen and oxygen atoms in total. The van der Waals surface area contributed by atoms with Gasteiger partial charge in [0.15, 0.2) is 0 Å². The first-order valence-corrected chi connectivity index (χ1v) is 12.7. The lowest BCUT2D eigenvalue weighted by molar-refractivity contribution is -0.147. The first-order valence-electron chi connectivity index (χ1n) is 12.7. The number of aliphatic hydroxyl groups is 1. The second-order valence-corrected chi connectivity index (χ2v) is 9.92. The first kappa shape index (κ1) is 23.6. The molecule has 5 atom stereocenters. The van der Waals surface area contributed by atoms with Gasteiger partial charge in [0.2, 0.25) is 17.7 Å². The zero-order valence-corrected chi connectivity index (χ0v) is 20.3. The predicted octanol–water partition coefficient (Wildman–Crippen LogP) is 1.76. The molecule has 0 radical (unpaired) electrons. The third-order valence-electron chi connectivity index (χ3n) is 7.87. The van der Waals surface area contributed by atoms with Crippen molar-refractivity contribution < 1.29 is 24.2 Å². The molecule has 4 heterocycles. The lowest BCUT2D eigenvalue weighted by atomic mass is 9.77. The molecule has 2 fully saturated rings. The highest BCUT2D eigenvalue weighted by Gasteiger charge is 2.71. The van der Waals surface area contributed by atoms with Crippen LogP contribution >= 0.6 is 0 Å². The van der Waals surface area contributed by atoms with Gasteiger partial charge in [0.25, 0.3) is 0 Å². The molecule has 2 saturated heterocycles. The van der Waals surface area contributed by atoms with Gasteiger partial charge >= 0.3 is 0 Å². The third kappa shape index (κ3) is 3.70. The Balaban J connectivity index is 1.40. The van der Waals surface area contributed by atoms with Gasteiger partial charge in [0.1, 0.15) is 11.6 Å². The fraction of sp³-hybridized carbons (Fsp3) is 0.345. The van der Waals surface area contributed by atoms with E-state index in [1.54, 1.807) is 9.80 Å². The summed E-state index contributed by atoms with van der Waals surface area (Å²) in [6.07, 6.45) is 6.81. The largest absolute Gasteiger partial charge is 0.395 e. The average Bonchev–Trinajstić information content (AvgIpc) is 3.22. The topological polar surface area (TPSA) is 90.4 Å². The number of benzene rings is 2. The highest BCUT2D eigenvalue weighted by molar-refractivity contribution is 6.03. The second kappa shape index (κ2) is 9.28. The Morgan fingerprint density at radius 2 is 1.62 bits per heavy atom. The average molecular weight is 500 g/mol. The fourth-order valence-corrected chi connectivity index (χ4v) is 6.32. The van der Waals surface area contributed by atoms with Crippen LogP contribution in [0.25, 0.3) is 0 Å². The number of fused-ring (bicyclic) bond motifs is 2. The van der Waals surface area contributed by atoms with E-state index in [0.29, 0.717) is 19.6 Å². The van der Waals surface area contributed by atoms with Gasteiger partial charge in [-0.15, -0.1) is 0 Å². The van der Waals surface area contributed by atoms with Crippen molar-refractivity contribution in [2.24, 2.45) is 11.8 Å². The molecule has 0 aromatic heterocycles. The smallest absolute Gasteiger partial charge is 0.249 e. The number of ether oxygens (including phenoxy) is 1. The molecule has 2 aromatic carbocycles. The lowest BCUT2D eigenvalue weighted by Crippen LogP contribution is -2.55. The van der Waals surface area contributed by atoms with Gasteiger partial charge in [-0.2, -0.15) is 0 Å². The molecular weight excluding hydrogens is 470 g/mol. The number of carbonyl (C=O) groups excluding carboxylic acids is 3. The van der Waals surface area contributed by atoms with Crippen LogP contribution in [-0.4, -0.2) is 76.6 Å². The standard InChI is InChI=1S/C29H29N3O5/c33-18-17-32-25-28(36)30(19-20-9-3-1-4-10-20)15-8-14-29(25)24(27(32)35)23-22(37-29)13-7-16-31(26(23)34)21-11-5-2-6-12-21/h1-14,22-25,33H,15-19H2/t22-,23+,24-,25?,29-/m0/s1. The van der Waals surface area contributed by atoms with Gasteiger partial charge in [0, 0.05) is 31.9 Å². The molecule has 0 bridgehead atoms. The Hall–Kier alpha value is -3.75. The number of anilines is 1. The van der Waals surface area contributed by atoms with E-state index < -0.39 is 29.6 Å². The van der Waals surface area contributed by atoms with Crippen LogP contribution in [0, 0.1) is 11.8 Å². The van der Waals surface area contributed by atoms with Crippen LogP contribution in [-0.2, 0) is 25.7 Å². The summed E-state index contributed by atoms with van der Waals surface area (Å²) >= 11 is 0. The van der Waals surface area contributed by atoms with E-state index in [2.05, 4.69) is 0 Å². The van der Waals surface area contributed by atoms with Crippen molar-refractivity contribution in [2.75, 3.05) is 31.1 Å². The number of β-amino-alcohol motifs (C(OH)–C–C–N with tert-alkyl or cyclic N) is 1. The summed E-state index contributed by atoms with van der Waals surface area (Å²) in [6.45, 7) is 0.817. The van der Waals surface area contributed by atoms with Crippen LogP contribution in [0.1, 0.15) is 5.56 Å². The van der Waals surface area contributed by atoms with E-state index in [4.69, 9.17) is 4.74 Å². The maximum atomic E-state index is 14.1. The molecule has 0 aliphatic carbocycles. The van der Waals surface area contributed by atoms with Crippen LogP contribution in [0.2, 0.25) is 0 Å². The fourth-order valence-electron chi connectivity index (χ4n) is 6.32. The lowest BCUT2D eigenvalue weighted by Gasteiger charge is -2.35. The van der Waals surface area contributed by atoms with Crippen LogP contribution in [0.4, 0.5) is 5.69 Å². The Morgan fingerprint density at radius 3 is 2.35 bits per heavy atom. The normalized spacial score (nSPS) is 30.7. The molecule has 190 valence electrons. The number of hydrogen-bond donors (Lipinski definition) is 1. The molecule has 2 aromatic rings. The van der Waals surface area contributed by atoms with Gasteiger partial charge in [-0.25, -0.2) is 0 Å².